The van der Waals surface area contributed by atoms with E-state index in [9.17, 15) is 9.18 Å². The molecule has 0 aliphatic rings. The first-order valence-electron chi connectivity index (χ1n) is 6.27. The molecule has 4 heteroatoms. The Labute approximate surface area is 126 Å². The van der Waals surface area contributed by atoms with Crippen molar-refractivity contribution < 1.29 is 9.18 Å². The fourth-order valence-corrected chi connectivity index (χ4v) is 2.41. The van der Waals surface area contributed by atoms with E-state index in [-0.39, 0.29) is 18.1 Å². The second-order valence-corrected chi connectivity index (χ2v) is 5.69. The molecule has 0 unspecified atom stereocenters. The molecule has 0 aliphatic heterocycles. The molecule has 0 saturated carbocycles. The molecule has 0 fully saturated rings. The van der Waals surface area contributed by atoms with Gasteiger partial charge in [0, 0.05) is 10.2 Å². The number of carbonyl (C=O) groups is 1. The van der Waals surface area contributed by atoms with Gasteiger partial charge in [0.2, 0.25) is 5.91 Å². The largest absolute Gasteiger partial charge is 0.326 e. The van der Waals surface area contributed by atoms with Crippen molar-refractivity contribution in [1.82, 2.24) is 0 Å². The second-order valence-electron chi connectivity index (χ2n) is 4.78. The van der Waals surface area contributed by atoms with E-state index in [2.05, 4.69) is 21.2 Å². The van der Waals surface area contributed by atoms with E-state index < -0.39 is 0 Å². The van der Waals surface area contributed by atoms with Gasteiger partial charge in [0.1, 0.15) is 5.82 Å². The molecule has 0 spiro atoms. The number of benzene rings is 2. The lowest BCUT2D eigenvalue weighted by atomic mass is 10.1. The number of rotatable bonds is 3. The lowest BCUT2D eigenvalue weighted by molar-refractivity contribution is -0.115. The molecule has 1 amide bonds. The van der Waals surface area contributed by atoms with Gasteiger partial charge in [0.15, 0.2) is 0 Å². The van der Waals surface area contributed by atoms with Crippen molar-refractivity contribution in [3.05, 3.63) is 63.4 Å². The molecule has 0 bridgehead atoms. The number of hydrogen-bond donors (Lipinski definition) is 1. The summed E-state index contributed by atoms with van der Waals surface area (Å²) in [5.74, 6) is -0.599. The Morgan fingerprint density at radius 1 is 1.20 bits per heavy atom. The third kappa shape index (κ3) is 3.67. The molecule has 2 rings (SSSR count). The fourth-order valence-electron chi connectivity index (χ4n) is 2.00. The zero-order valence-corrected chi connectivity index (χ0v) is 12.9. The van der Waals surface area contributed by atoms with Gasteiger partial charge >= 0.3 is 0 Å². The summed E-state index contributed by atoms with van der Waals surface area (Å²) in [7, 11) is 0. The smallest absolute Gasteiger partial charge is 0.228 e. The van der Waals surface area contributed by atoms with Gasteiger partial charge in [-0.3, -0.25) is 4.79 Å². The third-order valence-electron chi connectivity index (χ3n) is 3.01. The van der Waals surface area contributed by atoms with E-state index in [1.165, 1.54) is 6.07 Å². The van der Waals surface area contributed by atoms with Crippen LogP contribution in [0.5, 0.6) is 0 Å². The number of anilines is 1. The summed E-state index contributed by atoms with van der Waals surface area (Å²) in [5, 5.41) is 2.81. The Balaban J connectivity index is 2.11. The fraction of sp³-hybridized carbons (Fsp3) is 0.188. The van der Waals surface area contributed by atoms with Crippen LogP contribution < -0.4 is 5.32 Å². The molecule has 0 radical (unpaired) electrons. The van der Waals surface area contributed by atoms with E-state index in [1.54, 1.807) is 12.1 Å². The van der Waals surface area contributed by atoms with Gasteiger partial charge in [-0.05, 0) is 49.2 Å². The molecule has 0 aromatic heterocycles. The van der Waals surface area contributed by atoms with Crippen LogP contribution in [-0.4, -0.2) is 5.91 Å². The average molecular weight is 336 g/mol. The number of aryl methyl sites for hydroxylation is 2. The van der Waals surface area contributed by atoms with Crippen LogP contribution in [0.1, 0.15) is 16.7 Å². The first-order chi connectivity index (χ1) is 9.45. The van der Waals surface area contributed by atoms with Crippen LogP contribution in [0.4, 0.5) is 10.1 Å². The van der Waals surface area contributed by atoms with Gasteiger partial charge in [-0.25, -0.2) is 4.39 Å². The van der Waals surface area contributed by atoms with Crippen LogP contribution in [0, 0.1) is 19.7 Å². The van der Waals surface area contributed by atoms with Crippen molar-refractivity contribution >= 4 is 27.5 Å². The van der Waals surface area contributed by atoms with Crippen LogP contribution >= 0.6 is 15.9 Å². The first-order valence-corrected chi connectivity index (χ1v) is 7.06. The van der Waals surface area contributed by atoms with Crippen molar-refractivity contribution in [1.29, 1.82) is 0 Å². The summed E-state index contributed by atoms with van der Waals surface area (Å²) in [6, 6.07) is 10.4. The van der Waals surface area contributed by atoms with Crippen LogP contribution in [0.3, 0.4) is 0 Å². The number of amides is 1. The van der Waals surface area contributed by atoms with E-state index >= 15 is 0 Å². The van der Waals surface area contributed by atoms with Crippen LogP contribution in [-0.2, 0) is 11.2 Å². The number of carbonyl (C=O) groups excluding carboxylic acids is 1. The summed E-state index contributed by atoms with van der Waals surface area (Å²) >= 11 is 3.27. The summed E-state index contributed by atoms with van der Waals surface area (Å²) in [6.45, 7) is 3.93. The maximum absolute atomic E-state index is 13.6. The minimum absolute atomic E-state index is 0.0125. The highest BCUT2D eigenvalue weighted by atomic mass is 79.9. The standard InChI is InChI=1S/C16H15BrFNO/c1-10-3-6-15(11(2)7-10)19-16(20)9-12-8-13(17)4-5-14(12)18/h3-8H,9H2,1-2H3,(H,19,20). The van der Waals surface area contributed by atoms with Gasteiger partial charge < -0.3 is 5.32 Å². The Bertz CT molecular complexity index is 655. The predicted molar refractivity (Wildman–Crippen MR) is 82.3 cm³/mol. The predicted octanol–water partition coefficient (Wildman–Crippen LogP) is 4.39. The third-order valence-corrected chi connectivity index (χ3v) is 3.51. The molecular formula is C16H15BrFNO. The van der Waals surface area contributed by atoms with Crippen molar-refractivity contribution in [2.24, 2.45) is 0 Å². The maximum Gasteiger partial charge on any atom is 0.228 e. The Morgan fingerprint density at radius 2 is 1.95 bits per heavy atom. The Hall–Kier alpha value is -1.68. The molecule has 104 valence electrons. The minimum atomic E-state index is -0.371. The molecule has 20 heavy (non-hydrogen) atoms. The topological polar surface area (TPSA) is 29.1 Å². The molecule has 0 saturated heterocycles. The zero-order valence-electron chi connectivity index (χ0n) is 11.3. The van der Waals surface area contributed by atoms with E-state index in [0.717, 1.165) is 21.3 Å². The summed E-state index contributed by atoms with van der Waals surface area (Å²) in [5.41, 5.74) is 3.27. The van der Waals surface area contributed by atoms with Gasteiger partial charge in [-0.15, -0.1) is 0 Å². The van der Waals surface area contributed by atoms with E-state index in [4.69, 9.17) is 0 Å². The van der Waals surface area contributed by atoms with Crippen molar-refractivity contribution in [3.8, 4) is 0 Å². The zero-order chi connectivity index (χ0) is 14.7. The highest BCUT2D eigenvalue weighted by Crippen LogP contribution is 2.19. The van der Waals surface area contributed by atoms with Crippen LogP contribution in [0.25, 0.3) is 0 Å². The SMILES string of the molecule is Cc1ccc(NC(=O)Cc2cc(Br)ccc2F)c(C)c1. The number of hydrogen-bond acceptors (Lipinski definition) is 1. The Morgan fingerprint density at radius 3 is 2.65 bits per heavy atom. The van der Waals surface area contributed by atoms with Gasteiger partial charge in [0.25, 0.3) is 0 Å². The van der Waals surface area contributed by atoms with Crippen LogP contribution in [0.2, 0.25) is 0 Å². The molecule has 2 aromatic rings. The summed E-state index contributed by atoms with van der Waals surface area (Å²) in [4.78, 5) is 12.0. The van der Waals surface area contributed by atoms with Crippen LogP contribution in [0.15, 0.2) is 40.9 Å². The van der Waals surface area contributed by atoms with Gasteiger partial charge in [-0.2, -0.15) is 0 Å². The molecule has 2 nitrogen and oxygen atoms in total. The quantitative estimate of drug-likeness (QED) is 0.885. The Kier molecular flexibility index (Phi) is 4.55. The molecule has 0 heterocycles. The average Bonchev–Trinajstić information content (AvgIpc) is 2.37. The highest BCUT2D eigenvalue weighted by Gasteiger charge is 2.10. The van der Waals surface area contributed by atoms with Crippen molar-refractivity contribution in [2.75, 3.05) is 5.32 Å². The first kappa shape index (κ1) is 14.7. The molecular weight excluding hydrogens is 321 g/mol. The normalized spacial score (nSPS) is 10.4. The maximum atomic E-state index is 13.6. The lowest BCUT2D eigenvalue weighted by Gasteiger charge is -2.09. The molecule has 1 N–H and O–H groups in total. The monoisotopic (exact) mass is 335 g/mol. The van der Waals surface area contributed by atoms with Gasteiger partial charge in [-0.1, -0.05) is 33.6 Å². The van der Waals surface area contributed by atoms with Gasteiger partial charge in [0.05, 0.1) is 6.42 Å². The minimum Gasteiger partial charge on any atom is -0.326 e. The molecule has 2 aromatic carbocycles. The summed E-state index contributed by atoms with van der Waals surface area (Å²) in [6.07, 6.45) is 0.0125. The van der Waals surface area contributed by atoms with Crippen molar-refractivity contribution in [2.45, 2.75) is 20.3 Å². The second kappa shape index (κ2) is 6.18. The van der Waals surface area contributed by atoms with Crippen molar-refractivity contribution in [3.63, 3.8) is 0 Å². The number of nitrogens with one attached hydrogen (secondary N) is 1. The van der Waals surface area contributed by atoms with E-state index in [1.807, 2.05) is 32.0 Å². The molecule has 0 aliphatic carbocycles. The lowest BCUT2D eigenvalue weighted by Crippen LogP contribution is -2.16. The summed E-state index contributed by atoms with van der Waals surface area (Å²) < 4.78 is 14.4. The highest BCUT2D eigenvalue weighted by molar-refractivity contribution is 9.10. The molecule has 0 atom stereocenters. The number of halogens is 2. The van der Waals surface area contributed by atoms with E-state index in [0.29, 0.717) is 5.56 Å².